The van der Waals surface area contributed by atoms with Gasteiger partial charge in [-0.25, -0.2) is 8.78 Å². The van der Waals surface area contributed by atoms with Crippen LogP contribution >= 0.6 is 0 Å². The average Bonchev–Trinajstić information content (AvgIpc) is 2.67. The van der Waals surface area contributed by atoms with Crippen molar-refractivity contribution in [1.29, 1.82) is 0 Å². The number of piperidine rings is 1. The van der Waals surface area contributed by atoms with Gasteiger partial charge in [-0.1, -0.05) is 0 Å². The van der Waals surface area contributed by atoms with Crippen molar-refractivity contribution in [3.05, 3.63) is 29.8 Å². The number of hydrogen-bond donors (Lipinski definition) is 0. The average molecular weight is 368 g/mol. The van der Waals surface area contributed by atoms with Crippen molar-refractivity contribution in [3.8, 4) is 5.75 Å². The number of rotatable bonds is 4. The topological polar surface area (TPSA) is 59.1 Å². The van der Waals surface area contributed by atoms with Gasteiger partial charge >= 0.3 is 0 Å². The second kappa shape index (κ2) is 8.44. The zero-order valence-corrected chi connectivity index (χ0v) is 14.5. The standard InChI is InChI=1S/C18H22F2N2O4/c19-14-3-4-16(15(20)10-14)26-12-17(23)22-5-1-2-13(11-22)18(24)21-6-8-25-9-7-21/h3-4,10,13H,1-2,5-9,11-12H2. The Morgan fingerprint density at radius 2 is 1.92 bits per heavy atom. The van der Waals surface area contributed by atoms with Crippen molar-refractivity contribution in [1.82, 2.24) is 9.80 Å². The van der Waals surface area contributed by atoms with Crippen molar-refractivity contribution in [2.24, 2.45) is 5.92 Å². The van der Waals surface area contributed by atoms with Gasteiger partial charge in [-0.05, 0) is 25.0 Å². The van der Waals surface area contributed by atoms with E-state index in [-0.39, 0.29) is 30.1 Å². The van der Waals surface area contributed by atoms with E-state index >= 15 is 0 Å². The molecule has 0 aromatic heterocycles. The fourth-order valence-corrected chi connectivity index (χ4v) is 3.27. The number of carbonyl (C=O) groups is 2. The van der Waals surface area contributed by atoms with E-state index in [1.54, 1.807) is 9.80 Å². The molecule has 0 saturated carbocycles. The van der Waals surface area contributed by atoms with E-state index in [1.165, 1.54) is 0 Å². The highest BCUT2D eigenvalue weighted by Gasteiger charge is 2.32. The zero-order chi connectivity index (χ0) is 18.5. The monoisotopic (exact) mass is 368 g/mol. The van der Waals surface area contributed by atoms with Gasteiger partial charge < -0.3 is 19.3 Å². The Hall–Kier alpha value is -2.22. The van der Waals surface area contributed by atoms with Gasteiger partial charge in [0.2, 0.25) is 5.91 Å². The summed E-state index contributed by atoms with van der Waals surface area (Å²) in [4.78, 5) is 28.3. The number of ether oxygens (including phenoxy) is 2. The summed E-state index contributed by atoms with van der Waals surface area (Å²) in [6.07, 6.45) is 1.48. The lowest BCUT2D eigenvalue weighted by Gasteiger charge is -2.36. The predicted octanol–water partition coefficient (Wildman–Crippen LogP) is 1.44. The molecule has 0 aliphatic carbocycles. The van der Waals surface area contributed by atoms with Gasteiger partial charge in [0.25, 0.3) is 5.91 Å². The van der Waals surface area contributed by atoms with Crippen molar-refractivity contribution in [2.45, 2.75) is 12.8 Å². The second-order valence-electron chi connectivity index (χ2n) is 6.48. The van der Waals surface area contributed by atoms with Crippen LogP contribution in [0.5, 0.6) is 5.75 Å². The molecule has 0 bridgehead atoms. The molecular weight excluding hydrogens is 346 g/mol. The molecule has 2 amide bonds. The molecule has 26 heavy (non-hydrogen) atoms. The van der Waals surface area contributed by atoms with Crippen LogP contribution in [-0.4, -0.2) is 67.6 Å². The first kappa shape index (κ1) is 18.6. The van der Waals surface area contributed by atoms with Crippen LogP contribution in [-0.2, 0) is 14.3 Å². The number of hydrogen-bond acceptors (Lipinski definition) is 4. The molecule has 1 atom stereocenters. The quantitative estimate of drug-likeness (QED) is 0.807. The molecule has 2 heterocycles. The molecule has 2 fully saturated rings. The number of morpholine rings is 1. The summed E-state index contributed by atoms with van der Waals surface area (Å²) in [6.45, 7) is 2.77. The van der Waals surface area contributed by atoms with Crippen LogP contribution in [0.4, 0.5) is 8.78 Å². The van der Waals surface area contributed by atoms with Gasteiger partial charge in [0.15, 0.2) is 18.2 Å². The van der Waals surface area contributed by atoms with Crippen LogP contribution in [0.3, 0.4) is 0 Å². The van der Waals surface area contributed by atoms with Crippen LogP contribution in [0.15, 0.2) is 18.2 Å². The first-order valence-corrected chi connectivity index (χ1v) is 8.77. The van der Waals surface area contributed by atoms with Gasteiger partial charge in [-0.3, -0.25) is 9.59 Å². The first-order valence-electron chi connectivity index (χ1n) is 8.77. The number of benzene rings is 1. The van der Waals surface area contributed by atoms with Crippen molar-refractivity contribution >= 4 is 11.8 Å². The van der Waals surface area contributed by atoms with Gasteiger partial charge in [0.1, 0.15) is 5.82 Å². The lowest BCUT2D eigenvalue weighted by atomic mass is 9.96. The molecule has 2 saturated heterocycles. The third-order valence-corrected chi connectivity index (χ3v) is 4.69. The van der Waals surface area contributed by atoms with Crippen LogP contribution < -0.4 is 4.74 Å². The minimum Gasteiger partial charge on any atom is -0.481 e. The summed E-state index contributed by atoms with van der Waals surface area (Å²) >= 11 is 0. The summed E-state index contributed by atoms with van der Waals surface area (Å²) in [5.74, 6) is -2.21. The Labute approximate surface area is 150 Å². The summed E-state index contributed by atoms with van der Waals surface area (Å²) in [7, 11) is 0. The van der Waals surface area contributed by atoms with E-state index in [4.69, 9.17) is 9.47 Å². The largest absolute Gasteiger partial charge is 0.481 e. The van der Waals surface area contributed by atoms with Gasteiger partial charge in [-0.2, -0.15) is 0 Å². The summed E-state index contributed by atoms with van der Waals surface area (Å²) in [5.41, 5.74) is 0. The van der Waals surface area contributed by atoms with E-state index in [1.807, 2.05) is 0 Å². The predicted molar refractivity (Wildman–Crippen MR) is 88.6 cm³/mol. The Kier molecular flexibility index (Phi) is 6.03. The maximum Gasteiger partial charge on any atom is 0.260 e. The highest BCUT2D eigenvalue weighted by molar-refractivity contribution is 5.82. The Balaban J connectivity index is 1.53. The van der Waals surface area contributed by atoms with E-state index in [9.17, 15) is 18.4 Å². The second-order valence-corrected chi connectivity index (χ2v) is 6.48. The van der Waals surface area contributed by atoms with Crippen LogP contribution in [0.2, 0.25) is 0 Å². The molecule has 1 unspecified atom stereocenters. The molecule has 2 aliphatic rings. The molecular formula is C18H22F2N2O4. The molecule has 8 heteroatoms. The fourth-order valence-electron chi connectivity index (χ4n) is 3.27. The third kappa shape index (κ3) is 4.49. The molecule has 1 aromatic carbocycles. The van der Waals surface area contributed by atoms with E-state index in [0.717, 1.165) is 25.0 Å². The van der Waals surface area contributed by atoms with Crippen LogP contribution in [0.25, 0.3) is 0 Å². The van der Waals surface area contributed by atoms with Gasteiger partial charge in [0, 0.05) is 32.2 Å². The molecule has 0 spiro atoms. The zero-order valence-electron chi connectivity index (χ0n) is 14.5. The van der Waals surface area contributed by atoms with Crippen molar-refractivity contribution in [2.75, 3.05) is 46.0 Å². The summed E-state index contributed by atoms with van der Waals surface area (Å²) in [5, 5.41) is 0. The molecule has 0 N–H and O–H groups in total. The number of nitrogens with zero attached hydrogens (tertiary/aromatic N) is 2. The highest BCUT2D eigenvalue weighted by atomic mass is 19.1. The van der Waals surface area contributed by atoms with Gasteiger partial charge in [0.05, 0.1) is 19.1 Å². The highest BCUT2D eigenvalue weighted by Crippen LogP contribution is 2.21. The smallest absolute Gasteiger partial charge is 0.260 e. The van der Waals surface area contributed by atoms with Gasteiger partial charge in [-0.15, -0.1) is 0 Å². The van der Waals surface area contributed by atoms with Crippen molar-refractivity contribution in [3.63, 3.8) is 0 Å². The van der Waals surface area contributed by atoms with E-state index < -0.39 is 11.6 Å². The summed E-state index contributed by atoms with van der Waals surface area (Å²) < 4.78 is 36.9. The van der Waals surface area contributed by atoms with E-state index in [0.29, 0.717) is 45.5 Å². The third-order valence-electron chi connectivity index (χ3n) is 4.69. The van der Waals surface area contributed by atoms with E-state index in [2.05, 4.69) is 0 Å². The normalized spacial score (nSPS) is 20.8. The molecule has 142 valence electrons. The minimum atomic E-state index is -0.850. The maximum absolute atomic E-state index is 13.6. The molecule has 0 radical (unpaired) electrons. The lowest BCUT2D eigenvalue weighted by Crippen LogP contribution is -2.50. The SMILES string of the molecule is O=C(COc1ccc(F)cc1F)N1CCCC(C(=O)N2CCOCC2)C1. The fraction of sp³-hybridized carbons (Fsp3) is 0.556. The number of likely N-dealkylation sites (tertiary alicyclic amines) is 1. The van der Waals surface area contributed by atoms with Crippen molar-refractivity contribution < 1.29 is 27.8 Å². The van der Waals surface area contributed by atoms with Crippen LogP contribution in [0.1, 0.15) is 12.8 Å². The van der Waals surface area contributed by atoms with Crippen LogP contribution in [0, 0.1) is 17.6 Å². The number of halogens is 2. The number of carbonyl (C=O) groups excluding carboxylic acids is 2. The Bertz CT molecular complexity index is 665. The maximum atomic E-state index is 13.6. The molecule has 3 rings (SSSR count). The minimum absolute atomic E-state index is 0.0521. The lowest BCUT2D eigenvalue weighted by molar-refractivity contribution is -0.144. The summed E-state index contributed by atoms with van der Waals surface area (Å²) in [6, 6.07) is 2.93. The molecule has 1 aromatic rings. The molecule has 6 nitrogen and oxygen atoms in total. The Morgan fingerprint density at radius 1 is 1.15 bits per heavy atom. The molecule has 2 aliphatic heterocycles. The first-order chi connectivity index (χ1) is 12.5. The Morgan fingerprint density at radius 3 is 2.65 bits per heavy atom. The number of amides is 2.